The average molecular weight is 227 g/mol. The minimum Gasteiger partial charge on any atom is -0.507 e. The average Bonchev–Trinajstić information content (AvgIpc) is 2.79. The van der Waals surface area contributed by atoms with Gasteiger partial charge in [0.15, 0.2) is 0 Å². The molecule has 0 amide bonds. The first kappa shape index (κ1) is 11.2. The van der Waals surface area contributed by atoms with Crippen LogP contribution in [0.25, 0.3) is 0 Å². The van der Waals surface area contributed by atoms with E-state index in [1.165, 1.54) is 0 Å². The van der Waals surface area contributed by atoms with Gasteiger partial charge in [0, 0.05) is 25.4 Å². The second kappa shape index (κ2) is 4.71. The van der Waals surface area contributed by atoms with Crippen molar-refractivity contribution in [1.82, 2.24) is 9.55 Å². The number of benzene rings is 1. The largest absolute Gasteiger partial charge is 0.507 e. The number of rotatable bonds is 3. The molecule has 0 fully saturated rings. The molecule has 2 rings (SSSR count). The van der Waals surface area contributed by atoms with Gasteiger partial charge in [-0.3, -0.25) is 0 Å². The number of aromatic hydroxyl groups is 1. The smallest absolute Gasteiger partial charge is 0.133 e. The topological polar surface area (TPSA) is 61.8 Å². The first-order valence-corrected chi connectivity index (χ1v) is 5.46. The fourth-order valence-electron chi connectivity index (χ4n) is 1.76. The zero-order chi connectivity index (χ0) is 12.3. The maximum absolute atomic E-state index is 9.42. The summed E-state index contributed by atoms with van der Waals surface area (Å²) in [5.41, 5.74) is 1.28. The zero-order valence-corrected chi connectivity index (χ0v) is 9.59. The lowest BCUT2D eigenvalue weighted by atomic mass is 10.1. The number of aryl methyl sites for hydroxylation is 1. The first-order chi connectivity index (χ1) is 8.24. The maximum atomic E-state index is 9.42. The highest BCUT2D eigenvalue weighted by Gasteiger charge is 2.06. The molecule has 1 heterocycles. The maximum Gasteiger partial charge on any atom is 0.133 e. The molecule has 0 atom stereocenters. The van der Waals surface area contributed by atoms with E-state index in [2.05, 4.69) is 16.5 Å². The van der Waals surface area contributed by atoms with Crippen LogP contribution in [0.5, 0.6) is 5.75 Å². The first-order valence-electron chi connectivity index (χ1n) is 5.46. The molecule has 17 heavy (non-hydrogen) atoms. The molecule has 0 unspecified atom stereocenters. The molecule has 4 nitrogen and oxygen atoms in total. The van der Waals surface area contributed by atoms with Gasteiger partial charge >= 0.3 is 0 Å². The van der Waals surface area contributed by atoms with Gasteiger partial charge in [0.1, 0.15) is 17.6 Å². The van der Waals surface area contributed by atoms with Gasteiger partial charge in [-0.25, -0.2) is 4.98 Å². The van der Waals surface area contributed by atoms with Gasteiger partial charge in [-0.05, 0) is 24.6 Å². The van der Waals surface area contributed by atoms with Crippen molar-refractivity contribution < 1.29 is 5.11 Å². The van der Waals surface area contributed by atoms with Crippen LogP contribution in [0.4, 0.5) is 0 Å². The van der Waals surface area contributed by atoms with Crippen LogP contribution in [0.3, 0.4) is 0 Å². The van der Waals surface area contributed by atoms with Crippen LogP contribution < -0.4 is 0 Å². The number of aromatic nitrogens is 2. The molecule has 0 saturated heterocycles. The highest BCUT2D eigenvalue weighted by molar-refractivity contribution is 5.44. The number of nitrogens with zero attached hydrogens (tertiary/aromatic N) is 3. The molecule has 1 aromatic carbocycles. The lowest BCUT2D eigenvalue weighted by Gasteiger charge is -2.05. The summed E-state index contributed by atoms with van der Waals surface area (Å²) in [5, 5.41) is 18.3. The normalized spacial score (nSPS) is 10.1. The Morgan fingerprint density at radius 2 is 2.29 bits per heavy atom. The van der Waals surface area contributed by atoms with Crippen LogP contribution in [-0.2, 0) is 13.0 Å². The van der Waals surface area contributed by atoms with E-state index in [0.29, 0.717) is 12.0 Å². The van der Waals surface area contributed by atoms with E-state index in [4.69, 9.17) is 5.26 Å². The second-order valence-electron chi connectivity index (χ2n) is 3.77. The molecular weight excluding hydrogens is 214 g/mol. The van der Waals surface area contributed by atoms with Crippen molar-refractivity contribution in [3.63, 3.8) is 0 Å². The van der Waals surface area contributed by atoms with E-state index < -0.39 is 0 Å². The molecule has 4 heteroatoms. The van der Waals surface area contributed by atoms with Crippen molar-refractivity contribution >= 4 is 0 Å². The Labute approximate surface area is 99.8 Å². The van der Waals surface area contributed by atoms with E-state index in [9.17, 15) is 5.11 Å². The third-order valence-corrected chi connectivity index (χ3v) is 2.69. The standard InChI is InChI=1S/C13H13N3O/c1-2-16-6-5-15-13(16)8-10-3-4-12(17)11(7-10)9-14/h3-7,17H,2,8H2,1H3. The quantitative estimate of drug-likeness (QED) is 0.873. The summed E-state index contributed by atoms with van der Waals surface area (Å²) in [4.78, 5) is 4.28. The van der Waals surface area contributed by atoms with E-state index in [0.717, 1.165) is 17.9 Å². The summed E-state index contributed by atoms with van der Waals surface area (Å²) >= 11 is 0. The Morgan fingerprint density at radius 1 is 1.47 bits per heavy atom. The Kier molecular flexibility index (Phi) is 3.10. The van der Waals surface area contributed by atoms with Crippen LogP contribution in [0, 0.1) is 11.3 Å². The predicted molar refractivity (Wildman–Crippen MR) is 63.5 cm³/mol. The van der Waals surface area contributed by atoms with Crippen molar-refractivity contribution in [2.75, 3.05) is 0 Å². The lowest BCUT2D eigenvalue weighted by Crippen LogP contribution is -2.01. The van der Waals surface area contributed by atoms with Crippen LogP contribution in [0.15, 0.2) is 30.6 Å². The summed E-state index contributed by atoms with van der Waals surface area (Å²) in [6.45, 7) is 2.93. The highest BCUT2D eigenvalue weighted by Crippen LogP contribution is 2.19. The van der Waals surface area contributed by atoms with Gasteiger partial charge in [0.05, 0.1) is 5.56 Å². The molecule has 0 saturated carbocycles. The van der Waals surface area contributed by atoms with Crippen LogP contribution in [0.2, 0.25) is 0 Å². The van der Waals surface area contributed by atoms with Crippen molar-refractivity contribution in [3.8, 4) is 11.8 Å². The molecule has 0 aliphatic rings. The van der Waals surface area contributed by atoms with Crippen molar-refractivity contribution in [2.45, 2.75) is 19.9 Å². The van der Waals surface area contributed by atoms with E-state index in [-0.39, 0.29) is 5.75 Å². The number of phenols is 1. The Bertz CT molecular complexity index is 566. The minimum atomic E-state index is 0.0232. The summed E-state index contributed by atoms with van der Waals surface area (Å²) in [6.07, 6.45) is 4.36. The van der Waals surface area contributed by atoms with E-state index >= 15 is 0 Å². The summed E-state index contributed by atoms with van der Waals surface area (Å²) in [6, 6.07) is 7.02. The molecule has 0 aliphatic heterocycles. The lowest BCUT2D eigenvalue weighted by molar-refractivity contribution is 0.473. The molecule has 86 valence electrons. The van der Waals surface area contributed by atoms with Crippen molar-refractivity contribution in [2.24, 2.45) is 0 Å². The molecule has 0 bridgehead atoms. The van der Waals surface area contributed by atoms with E-state index in [1.54, 1.807) is 18.3 Å². The van der Waals surface area contributed by atoms with Gasteiger partial charge in [-0.1, -0.05) is 6.07 Å². The number of hydrogen-bond donors (Lipinski definition) is 1. The van der Waals surface area contributed by atoms with Gasteiger partial charge in [-0.15, -0.1) is 0 Å². The van der Waals surface area contributed by atoms with Crippen molar-refractivity contribution in [1.29, 1.82) is 5.26 Å². The van der Waals surface area contributed by atoms with Gasteiger partial charge in [-0.2, -0.15) is 5.26 Å². The molecule has 1 aromatic heterocycles. The molecule has 0 aliphatic carbocycles. The number of nitriles is 1. The summed E-state index contributed by atoms with van der Waals surface area (Å²) in [5.74, 6) is 0.983. The molecular formula is C13H13N3O. The Hall–Kier alpha value is -2.28. The summed E-state index contributed by atoms with van der Waals surface area (Å²) < 4.78 is 2.05. The van der Waals surface area contributed by atoms with Gasteiger partial charge in [0.25, 0.3) is 0 Å². The van der Waals surface area contributed by atoms with Crippen LogP contribution in [0.1, 0.15) is 23.9 Å². The monoisotopic (exact) mass is 227 g/mol. The zero-order valence-electron chi connectivity index (χ0n) is 9.59. The van der Waals surface area contributed by atoms with E-state index in [1.807, 2.05) is 18.3 Å². The van der Waals surface area contributed by atoms with Crippen LogP contribution >= 0.6 is 0 Å². The molecule has 0 radical (unpaired) electrons. The fraction of sp³-hybridized carbons (Fsp3) is 0.231. The van der Waals surface area contributed by atoms with Crippen LogP contribution in [-0.4, -0.2) is 14.7 Å². The summed E-state index contributed by atoms with van der Waals surface area (Å²) in [7, 11) is 0. The van der Waals surface area contributed by atoms with Gasteiger partial charge in [0.2, 0.25) is 0 Å². The molecule has 0 spiro atoms. The van der Waals surface area contributed by atoms with Gasteiger partial charge < -0.3 is 9.67 Å². The predicted octanol–water partition coefficient (Wildman–Crippen LogP) is 2.07. The number of hydrogen-bond acceptors (Lipinski definition) is 3. The number of phenolic OH excluding ortho intramolecular Hbond substituents is 1. The highest BCUT2D eigenvalue weighted by atomic mass is 16.3. The third-order valence-electron chi connectivity index (χ3n) is 2.69. The number of imidazole rings is 1. The minimum absolute atomic E-state index is 0.0232. The second-order valence-corrected chi connectivity index (χ2v) is 3.77. The third kappa shape index (κ3) is 2.28. The Morgan fingerprint density at radius 3 is 3.00 bits per heavy atom. The van der Waals surface area contributed by atoms with Crippen molar-refractivity contribution in [3.05, 3.63) is 47.5 Å². The molecule has 1 N–H and O–H groups in total. The fourth-order valence-corrected chi connectivity index (χ4v) is 1.76. The SMILES string of the molecule is CCn1ccnc1Cc1ccc(O)c(C#N)c1. The molecule has 2 aromatic rings. The Balaban J connectivity index is 2.28.